The first-order valence-electron chi connectivity index (χ1n) is 24.5. The standard InChI is InChI=1S/C51H67N11O8/c1-28(2)27-70-51(67)59(7)42-21-16-33(26-52-42)62-38(31-14-17-34-36(24-31)55-45(53-34)40-12-10-22-60(40)47(63)43(29(3)4)57-49(65)68-8)19-20-39(62)32-15-18-35-37(25-32)56-46(54-35)41-13-11-23-61(41)48(64)44(30(5)6)58-50(66)69-9/h14-18,21,24-26,28-30,38-41,43-44H,10-13,19-20,22-23,27H2,1-9H3,(H,53,55)(H,54,56)(H,57,65)(H,58,66)/t38-,39-,40+,41+,43+,44+/m1/s1. The summed E-state index contributed by atoms with van der Waals surface area (Å²) in [4.78, 5) is 94.5. The zero-order valence-corrected chi connectivity index (χ0v) is 41.7. The van der Waals surface area contributed by atoms with Crippen LogP contribution in [0.4, 0.5) is 25.9 Å². The Hall–Kier alpha value is -6.92. The summed E-state index contributed by atoms with van der Waals surface area (Å²) in [6.07, 6.45) is 4.76. The summed E-state index contributed by atoms with van der Waals surface area (Å²) in [7, 11) is 4.23. The van der Waals surface area contributed by atoms with E-state index < -0.39 is 30.4 Å². The quantitative estimate of drug-likeness (QED) is 0.0774. The molecule has 70 heavy (non-hydrogen) atoms. The molecule has 5 amide bonds. The number of pyridine rings is 1. The van der Waals surface area contributed by atoms with Gasteiger partial charge in [-0.25, -0.2) is 29.3 Å². The first kappa shape index (κ1) is 49.5. The van der Waals surface area contributed by atoms with Crippen LogP contribution in [0.5, 0.6) is 0 Å². The first-order chi connectivity index (χ1) is 33.6. The van der Waals surface area contributed by atoms with Gasteiger partial charge in [0.2, 0.25) is 11.8 Å². The van der Waals surface area contributed by atoms with Crippen LogP contribution in [-0.2, 0) is 23.8 Å². The van der Waals surface area contributed by atoms with E-state index in [4.69, 9.17) is 29.2 Å². The van der Waals surface area contributed by atoms with Crippen molar-refractivity contribution in [1.82, 2.24) is 45.4 Å². The normalized spacial score (nSPS) is 20.1. The number of nitrogens with one attached hydrogen (secondary N) is 4. The zero-order valence-electron chi connectivity index (χ0n) is 41.7. The van der Waals surface area contributed by atoms with Crippen LogP contribution in [0, 0.1) is 17.8 Å². The molecule has 19 heteroatoms. The van der Waals surface area contributed by atoms with Crippen molar-refractivity contribution in [3.63, 3.8) is 0 Å². The van der Waals surface area contributed by atoms with Gasteiger partial charge in [0.25, 0.3) is 0 Å². The Morgan fingerprint density at radius 1 is 0.686 bits per heavy atom. The Morgan fingerprint density at radius 2 is 1.17 bits per heavy atom. The fourth-order valence-electron chi connectivity index (χ4n) is 10.2. The van der Waals surface area contributed by atoms with E-state index in [1.807, 2.05) is 81.8 Å². The third kappa shape index (κ3) is 10.2. The molecule has 6 atom stereocenters. The Balaban J connectivity index is 1.10. The van der Waals surface area contributed by atoms with Crippen LogP contribution in [0.3, 0.4) is 0 Å². The third-order valence-corrected chi connectivity index (χ3v) is 13.9. The van der Waals surface area contributed by atoms with Gasteiger partial charge in [-0.1, -0.05) is 53.7 Å². The van der Waals surface area contributed by atoms with Crippen molar-refractivity contribution >= 4 is 63.7 Å². The minimum Gasteiger partial charge on any atom is -0.453 e. The number of methoxy groups -OCH3 is 2. The SMILES string of the molecule is COC(=O)N[C@H](C(=O)N1CCC[C@H]1c1nc2ccc([C@H]3CC[C@H](c4ccc5nc([C@@H]6CCCN6C(=O)[C@@H](NC(=O)OC)C(C)C)[nH]c5c4)N3c3ccc(N(C)C(=O)OCC(C)C)nc3)cc2[nH]1)C(C)C. The van der Waals surface area contributed by atoms with Gasteiger partial charge in [0, 0.05) is 20.1 Å². The smallest absolute Gasteiger partial charge is 0.415 e. The van der Waals surface area contributed by atoms with Gasteiger partial charge >= 0.3 is 18.3 Å². The van der Waals surface area contributed by atoms with Crippen LogP contribution in [-0.4, -0.2) is 118 Å². The lowest BCUT2D eigenvalue weighted by atomic mass is 10.0. The number of rotatable bonds is 14. The highest BCUT2D eigenvalue weighted by molar-refractivity contribution is 5.88. The lowest BCUT2D eigenvalue weighted by molar-refractivity contribution is -0.136. The van der Waals surface area contributed by atoms with E-state index in [-0.39, 0.29) is 53.7 Å². The van der Waals surface area contributed by atoms with Crippen molar-refractivity contribution in [2.45, 2.75) is 116 Å². The summed E-state index contributed by atoms with van der Waals surface area (Å²) >= 11 is 0. The van der Waals surface area contributed by atoms with Gasteiger partial charge in [0.1, 0.15) is 29.6 Å². The van der Waals surface area contributed by atoms with E-state index >= 15 is 0 Å². The number of likely N-dealkylation sites (tertiary alicyclic amines) is 2. The second-order valence-corrected chi connectivity index (χ2v) is 19.8. The molecule has 3 aliphatic heterocycles. The number of nitrogens with zero attached hydrogens (tertiary/aromatic N) is 7. The molecule has 0 saturated carbocycles. The molecule has 0 aliphatic carbocycles. The van der Waals surface area contributed by atoms with Gasteiger partial charge in [0.15, 0.2) is 0 Å². The van der Waals surface area contributed by atoms with Gasteiger partial charge < -0.3 is 49.5 Å². The molecule has 3 saturated heterocycles. The number of carbonyl (C=O) groups excluding carboxylic acids is 5. The van der Waals surface area contributed by atoms with Crippen molar-refractivity contribution in [2.24, 2.45) is 17.8 Å². The summed E-state index contributed by atoms with van der Waals surface area (Å²) in [5, 5.41) is 5.45. The molecule has 0 radical (unpaired) electrons. The predicted molar refractivity (Wildman–Crippen MR) is 264 cm³/mol. The molecule has 6 heterocycles. The largest absolute Gasteiger partial charge is 0.453 e. The lowest BCUT2D eigenvalue weighted by Gasteiger charge is -2.33. The molecule has 3 aliphatic rings. The molecular formula is C51H67N11O8. The maximum absolute atomic E-state index is 13.9. The number of imidazole rings is 2. The maximum Gasteiger partial charge on any atom is 0.415 e. The summed E-state index contributed by atoms with van der Waals surface area (Å²) in [5.74, 6) is 1.42. The van der Waals surface area contributed by atoms with E-state index in [0.29, 0.717) is 37.2 Å². The van der Waals surface area contributed by atoms with Crippen molar-refractivity contribution in [3.8, 4) is 0 Å². The van der Waals surface area contributed by atoms with Crippen LogP contribution >= 0.6 is 0 Å². The Morgan fingerprint density at radius 3 is 1.59 bits per heavy atom. The number of carbonyl (C=O) groups is 5. The fraction of sp³-hybridized carbons (Fsp3) is 0.529. The number of fused-ring (bicyclic) bond motifs is 2. The number of H-pyrrole nitrogens is 2. The lowest BCUT2D eigenvalue weighted by Crippen LogP contribution is -2.51. The van der Waals surface area contributed by atoms with Crippen molar-refractivity contribution in [2.75, 3.05) is 50.8 Å². The summed E-state index contributed by atoms with van der Waals surface area (Å²) in [6, 6.07) is 14.2. The van der Waals surface area contributed by atoms with Crippen molar-refractivity contribution in [1.29, 1.82) is 0 Å². The van der Waals surface area contributed by atoms with Crippen LogP contribution in [0.1, 0.15) is 127 Å². The van der Waals surface area contributed by atoms with E-state index in [1.54, 1.807) is 7.05 Å². The highest BCUT2D eigenvalue weighted by Gasteiger charge is 2.41. The number of aromatic nitrogens is 5. The number of hydrogen-bond acceptors (Lipinski definition) is 12. The number of hydrogen-bond donors (Lipinski definition) is 4. The number of benzene rings is 2. The molecule has 3 fully saturated rings. The van der Waals surface area contributed by atoms with E-state index in [9.17, 15) is 24.0 Å². The number of amides is 5. The monoisotopic (exact) mass is 962 g/mol. The number of aromatic amines is 2. The van der Waals surface area contributed by atoms with Crippen molar-refractivity contribution in [3.05, 3.63) is 77.5 Å². The molecule has 3 aromatic heterocycles. The minimum absolute atomic E-state index is 0.0816. The van der Waals surface area contributed by atoms with Crippen LogP contribution < -0.4 is 20.4 Å². The highest BCUT2D eigenvalue weighted by atomic mass is 16.6. The fourth-order valence-corrected chi connectivity index (χ4v) is 10.2. The van der Waals surface area contributed by atoms with Crippen LogP contribution in [0.25, 0.3) is 22.1 Å². The Bertz CT molecular complexity index is 2550. The van der Waals surface area contributed by atoms with E-state index in [1.165, 1.54) is 19.1 Å². The average molecular weight is 962 g/mol. The predicted octanol–water partition coefficient (Wildman–Crippen LogP) is 8.23. The summed E-state index contributed by atoms with van der Waals surface area (Å²) < 4.78 is 15.1. The van der Waals surface area contributed by atoms with Crippen molar-refractivity contribution < 1.29 is 38.2 Å². The molecule has 0 unspecified atom stereocenters. The Labute approximate surface area is 408 Å². The molecule has 4 N–H and O–H groups in total. The molecular weight excluding hydrogens is 895 g/mol. The zero-order chi connectivity index (χ0) is 50.0. The highest BCUT2D eigenvalue weighted by Crippen LogP contribution is 2.48. The molecule has 0 bridgehead atoms. The van der Waals surface area contributed by atoms with Gasteiger partial charge in [-0.05, 0) is 104 Å². The van der Waals surface area contributed by atoms with Crippen LogP contribution in [0.15, 0.2) is 54.7 Å². The Kier molecular flexibility index (Phi) is 14.8. The molecule has 374 valence electrons. The number of alkyl carbamates (subject to hydrolysis) is 2. The number of ether oxygens (including phenoxy) is 3. The van der Waals surface area contributed by atoms with E-state index in [2.05, 4.69) is 49.8 Å². The molecule has 5 aromatic rings. The minimum atomic E-state index is -0.738. The van der Waals surface area contributed by atoms with Crippen LogP contribution in [0.2, 0.25) is 0 Å². The second-order valence-electron chi connectivity index (χ2n) is 19.8. The topological polar surface area (TPSA) is 220 Å². The van der Waals surface area contributed by atoms with Gasteiger partial charge in [-0.15, -0.1) is 0 Å². The molecule has 2 aromatic carbocycles. The molecule has 19 nitrogen and oxygen atoms in total. The third-order valence-electron chi connectivity index (χ3n) is 13.9. The second kappa shape index (κ2) is 21.0. The first-order valence-corrected chi connectivity index (χ1v) is 24.5. The van der Waals surface area contributed by atoms with Gasteiger partial charge in [-0.3, -0.25) is 14.5 Å². The number of anilines is 2. The molecule has 8 rings (SSSR count). The summed E-state index contributed by atoms with van der Waals surface area (Å²) in [5.41, 5.74) is 6.29. The van der Waals surface area contributed by atoms with E-state index in [0.717, 1.165) is 77.4 Å². The van der Waals surface area contributed by atoms with Gasteiger partial charge in [-0.2, -0.15) is 0 Å². The average Bonchev–Trinajstić information content (AvgIpc) is 4.22. The maximum atomic E-state index is 13.9. The summed E-state index contributed by atoms with van der Waals surface area (Å²) in [6.45, 7) is 13.0. The van der Waals surface area contributed by atoms with Gasteiger partial charge in [0.05, 0.1) is 78.9 Å². The molecule has 0 spiro atoms.